The second-order valence-electron chi connectivity index (χ2n) is 4.49. The monoisotopic (exact) mass is 335 g/mol. The Labute approximate surface area is 137 Å². The van der Waals surface area contributed by atoms with Crippen molar-refractivity contribution in [2.24, 2.45) is 0 Å². The average Bonchev–Trinajstić information content (AvgIpc) is 2.87. The molecule has 0 bridgehead atoms. The molecule has 4 nitrogen and oxygen atoms in total. The van der Waals surface area contributed by atoms with Crippen LogP contribution in [0.2, 0.25) is 5.02 Å². The number of hydrogen-bond acceptors (Lipinski definition) is 4. The Hall–Kier alpha value is -2.11. The Morgan fingerprint density at radius 2 is 1.95 bits per heavy atom. The molecule has 0 radical (unpaired) electrons. The van der Waals surface area contributed by atoms with Crippen LogP contribution in [0.25, 0.3) is 6.08 Å². The molecule has 0 saturated carbocycles. The average molecular weight is 336 g/mol. The second kappa shape index (κ2) is 7.24. The molecular weight excluding hydrogens is 322 g/mol. The lowest BCUT2D eigenvalue weighted by molar-refractivity contribution is -0.111. The van der Waals surface area contributed by atoms with E-state index in [9.17, 15) is 9.59 Å². The molecule has 0 saturated heterocycles. The van der Waals surface area contributed by atoms with Crippen LogP contribution in [0.5, 0.6) is 0 Å². The first-order chi connectivity index (χ1) is 10.5. The summed E-state index contributed by atoms with van der Waals surface area (Å²) in [5, 5.41) is 5.15. The van der Waals surface area contributed by atoms with Gasteiger partial charge in [0.2, 0.25) is 5.91 Å². The predicted octanol–water partition coefficient (Wildman–Crippen LogP) is 4.15. The molecule has 0 unspecified atom stereocenters. The van der Waals surface area contributed by atoms with E-state index in [0.717, 1.165) is 11.1 Å². The van der Waals surface area contributed by atoms with Gasteiger partial charge in [-0.15, -0.1) is 11.3 Å². The van der Waals surface area contributed by atoms with Crippen molar-refractivity contribution >= 4 is 46.6 Å². The number of nitrogens with one attached hydrogen (secondary N) is 1. The highest BCUT2D eigenvalue weighted by Crippen LogP contribution is 2.28. The summed E-state index contributed by atoms with van der Waals surface area (Å²) in [5.74, 6) is -0.781. The van der Waals surface area contributed by atoms with Gasteiger partial charge in [-0.25, -0.2) is 4.79 Å². The highest BCUT2D eigenvalue weighted by molar-refractivity contribution is 7.12. The van der Waals surface area contributed by atoms with Crippen molar-refractivity contribution in [1.29, 1.82) is 0 Å². The van der Waals surface area contributed by atoms with Crippen LogP contribution in [0, 0.1) is 6.92 Å². The minimum absolute atomic E-state index is 0.318. The number of halogens is 1. The number of esters is 1. The van der Waals surface area contributed by atoms with Crippen LogP contribution in [0.4, 0.5) is 5.69 Å². The largest absolute Gasteiger partial charge is 0.465 e. The first-order valence-electron chi connectivity index (χ1n) is 6.42. The topological polar surface area (TPSA) is 55.4 Å². The van der Waals surface area contributed by atoms with E-state index in [1.807, 2.05) is 19.1 Å². The molecule has 0 aliphatic rings. The van der Waals surface area contributed by atoms with E-state index in [0.29, 0.717) is 15.6 Å². The molecule has 0 aliphatic heterocycles. The Morgan fingerprint density at radius 3 is 2.59 bits per heavy atom. The van der Waals surface area contributed by atoms with Crippen LogP contribution in [-0.4, -0.2) is 19.0 Å². The van der Waals surface area contributed by atoms with E-state index in [1.54, 1.807) is 23.6 Å². The second-order valence-corrected chi connectivity index (χ2v) is 5.80. The van der Waals surface area contributed by atoms with Gasteiger partial charge in [0.15, 0.2) is 0 Å². The lowest BCUT2D eigenvalue weighted by atomic mass is 10.2. The number of anilines is 1. The fraction of sp³-hybridized carbons (Fsp3) is 0.125. The van der Waals surface area contributed by atoms with Gasteiger partial charge in [0.25, 0.3) is 0 Å². The summed E-state index contributed by atoms with van der Waals surface area (Å²) >= 11 is 7.04. The molecule has 0 spiro atoms. The molecule has 22 heavy (non-hydrogen) atoms. The van der Waals surface area contributed by atoms with Gasteiger partial charge < -0.3 is 10.1 Å². The molecule has 1 heterocycles. The number of rotatable bonds is 4. The van der Waals surface area contributed by atoms with Crippen LogP contribution < -0.4 is 5.32 Å². The van der Waals surface area contributed by atoms with Gasteiger partial charge in [0, 0.05) is 11.1 Å². The Bertz CT molecular complexity index is 719. The smallest absolute Gasteiger partial charge is 0.350 e. The molecule has 6 heteroatoms. The molecule has 2 rings (SSSR count). The van der Waals surface area contributed by atoms with Crippen LogP contribution in [0.3, 0.4) is 0 Å². The van der Waals surface area contributed by atoms with Crippen LogP contribution in [-0.2, 0) is 9.53 Å². The molecule has 0 atom stereocenters. The van der Waals surface area contributed by atoms with Crippen molar-refractivity contribution in [1.82, 2.24) is 0 Å². The molecule has 0 fully saturated rings. The highest BCUT2D eigenvalue weighted by atomic mass is 35.5. The van der Waals surface area contributed by atoms with Crippen molar-refractivity contribution < 1.29 is 14.3 Å². The number of thiophene rings is 1. The molecule has 114 valence electrons. The molecule has 2 aromatic rings. The number of hydrogen-bond donors (Lipinski definition) is 1. The Kier molecular flexibility index (Phi) is 5.35. The van der Waals surface area contributed by atoms with Crippen molar-refractivity contribution in [3.63, 3.8) is 0 Å². The summed E-state index contributed by atoms with van der Waals surface area (Å²) in [5.41, 5.74) is 2.16. The van der Waals surface area contributed by atoms with E-state index >= 15 is 0 Å². The molecule has 1 N–H and O–H groups in total. The number of carbonyl (C=O) groups is 2. The van der Waals surface area contributed by atoms with Crippen molar-refractivity contribution in [3.05, 3.63) is 56.7 Å². The summed E-state index contributed by atoms with van der Waals surface area (Å²) in [7, 11) is 1.31. The molecular formula is C16H14ClNO3S. The fourth-order valence-corrected chi connectivity index (χ4v) is 2.80. The van der Waals surface area contributed by atoms with Gasteiger partial charge in [-0.1, -0.05) is 23.7 Å². The van der Waals surface area contributed by atoms with E-state index in [-0.39, 0.29) is 5.91 Å². The molecule has 1 amide bonds. The van der Waals surface area contributed by atoms with E-state index < -0.39 is 5.97 Å². The minimum Gasteiger partial charge on any atom is -0.465 e. The normalized spacial score (nSPS) is 10.7. The predicted molar refractivity (Wildman–Crippen MR) is 89.5 cm³/mol. The van der Waals surface area contributed by atoms with Gasteiger partial charge >= 0.3 is 5.97 Å². The van der Waals surface area contributed by atoms with E-state index in [2.05, 4.69) is 5.32 Å². The maximum atomic E-state index is 12.0. The maximum Gasteiger partial charge on any atom is 0.350 e. The Balaban J connectivity index is 2.11. The van der Waals surface area contributed by atoms with Gasteiger partial charge in [0.1, 0.15) is 4.88 Å². The number of aryl methyl sites for hydroxylation is 1. The standard InChI is InChI=1S/C16H14ClNO3S/c1-10-9-22-15(16(20)21-2)14(10)18-13(19)8-5-11-3-6-12(17)7-4-11/h3-9H,1-2H3,(H,18,19)/b8-5+. The van der Waals surface area contributed by atoms with Gasteiger partial charge in [-0.2, -0.15) is 0 Å². The van der Waals surface area contributed by atoms with Gasteiger partial charge in [-0.3, -0.25) is 4.79 Å². The van der Waals surface area contributed by atoms with E-state index in [1.165, 1.54) is 24.5 Å². The maximum absolute atomic E-state index is 12.0. The van der Waals surface area contributed by atoms with Crippen molar-refractivity contribution in [2.45, 2.75) is 6.92 Å². The summed E-state index contributed by atoms with van der Waals surface area (Å²) in [6.07, 6.45) is 3.08. The van der Waals surface area contributed by atoms with Gasteiger partial charge in [0.05, 0.1) is 12.8 Å². The van der Waals surface area contributed by atoms with Crippen molar-refractivity contribution in [2.75, 3.05) is 12.4 Å². The fourth-order valence-electron chi connectivity index (χ4n) is 1.75. The third kappa shape index (κ3) is 3.96. The first-order valence-corrected chi connectivity index (χ1v) is 7.68. The molecule has 0 aliphatic carbocycles. The van der Waals surface area contributed by atoms with Crippen LogP contribution in [0.15, 0.2) is 35.7 Å². The van der Waals surface area contributed by atoms with Crippen molar-refractivity contribution in [3.8, 4) is 0 Å². The van der Waals surface area contributed by atoms with Gasteiger partial charge in [-0.05, 0) is 41.6 Å². The van der Waals surface area contributed by atoms with Crippen LogP contribution >= 0.6 is 22.9 Å². The Morgan fingerprint density at radius 1 is 1.27 bits per heavy atom. The minimum atomic E-state index is -0.463. The van der Waals surface area contributed by atoms with E-state index in [4.69, 9.17) is 16.3 Å². The SMILES string of the molecule is COC(=O)c1scc(C)c1NC(=O)/C=C/c1ccc(Cl)cc1. The summed E-state index contributed by atoms with van der Waals surface area (Å²) in [4.78, 5) is 24.0. The third-order valence-electron chi connectivity index (χ3n) is 2.89. The zero-order valence-corrected chi connectivity index (χ0v) is 13.6. The summed E-state index contributed by atoms with van der Waals surface area (Å²) < 4.78 is 4.70. The van der Waals surface area contributed by atoms with Crippen LogP contribution in [0.1, 0.15) is 20.8 Å². The number of amides is 1. The summed E-state index contributed by atoms with van der Waals surface area (Å²) in [6, 6.07) is 7.11. The zero-order chi connectivity index (χ0) is 16.1. The number of ether oxygens (including phenoxy) is 1. The lowest BCUT2D eigenvalue weighted by Gasteiger charge is -2.04. The third-order valence-corrected chi connectivity index (χ3v) is 4.22. The number of carbonyl (C=O) groups excluding carboxylic acids is 2. The number of benzene rings is 1. The summed E-state index contributed by atoms with van der Waals surface area (Å²) in [6.45, 7) is 1.82. The zero-order valence-electron chi connectivity index (χ0n) is 12.1. The highest BCUT2D eigenvalue weighted by Gasteiger charge is 2.17. The quantitative estimate of drug-likeness (QED) is 0.674. The number of methoxy groups -OCH3 is 1. The first kappa shape index (κ1) is 16.3. The molecule has 1 aromatic carbocycles. The lowest BCUT2D eigenvalue weighted by Crippen LogP contribution is -2.11. The molecule has 1 aromatic heterocycles.